The van der Waals surface area contributed by atoms with E-state index in [1.54, 1.807) is 23.9 Å². The molecule has 5 nitrogen and oxygen atoms in total. The zero-order valence-electron chi connectivity index (χ0n) is 9.47. The minimum Gasteiger partial charge on any atom is -0.494 e. The van der Waals surface area contributed by atoms with E-state index in [4.69, 9.17) is 4.74 Å². The van der Waals surface area contributed by atoms with Crippen LogP contribution in [0.25, 0.3) is 11.2 Å². The van der Waals surface area contributed by atoms with Crippen molar-refractivity contribution >= 4 is 17.5 Å². The highest BCUT2D eigenvalue weighted by atomic mass is 16.5. The van der Waals surface area contributed by atoms with Gasteiger partial charge in [-0.3, -0.25) is 4.79 Å². The molecule has 0 spiro atoms. The highest BCUT2D eigenvalue weighted by molar-refractivity contribution is 5.84. The van der Waals surface area contributed by atoms with E-state index in [1.807, 2.05) is 13.8 Å². The number of carbonyl (C=O) groups excluding carboxylic acids is 1. The smallest absolute Gasteiger partial charge is 0.185 e. The van der Waals surface area contributed by atoms with Crippen molar-refractivity contribution in [1.82, 2.24) is 14.5 Å². The lowest BCUT2D eigenvalue weighted by molar-refractivity contribution is 0.111. The third kappa shape index (κ3) is 1.44. The Hall–Kier alpha value is -1.91. The van der Waals surface area contributed by atoms with Gasteiger partial charge in [-0.2, -0.15) is 0 Å². The second kappa shape index (κ2) is 3.92. The minimum absolute atomic E-state index is 0.129. The van der Waals surface area contributed by atoms with Crippen LogP contribution in [0.5, 0.6) is 5.75 Å². The molecular formula is C11H13N3O2. The van der Waals surface area contributed by atoms with Crippen LogP contribution in [0.1, 0.15) is 30.5 Å². The van der Waals surface area contributed by atoms with Crippen molar-refractivity contribution < 1.29 is 9.53 Å². The second-order valence-corrected chi connectivity index (χ2v) is 3.74. The molecular weight excluding hydrogens is 206 g/mol. The Kier molecular flexibility index (Phi) is 2.60. The zero-order chi connectivity index (χ0) is 11.7. The van der Waals surface area contributed by atoms with Gasteiger partial charge in [0, 0.05) is 18.3 Å². The van der Waals surface area contributed by atoms with Gasteiger partial charge in [0.1, 0.15) is 5.75 Å². The molecule has 0 aromatic carbocycles. The number of ether oxygens (including phenoxy) is 1. The quantitative estimate of drug-likeness (QED) is 0.739. The van der Waals surface area contributed by atoms with Crippen molar-refractivity contribution in [3.8, 4) is 5.75 Å². The number of rotatable bonds is 3. The van der Waals surface area contributed by atoms with Crippen LogP contribution in [-0.4, -0.2) is 27.9 Å². The van der Waals surface area contributed by atoms with E-state index < -0.39 is 0 Å². The third-order valence-corrected chi connectivity index (χ3v) is 2.41. The molecule has 0 saturated heterocycles. The van der Waals surface area contributed by atoms with E-state index in [2.05, 4.69) is 9.97 Å². The number of pyridine rings is 1. The number of nitrogens with zero attached hydrogens (tertiary/aromatic N) is 3. The lowest BCUT2D eigenvalue weighted by atomic mass is 10.3. The fraction of sp³-hybridized carbons (Fsp3) is 0.364. The molecule has 2 heterocycles. The van der Waals surface area contributed by atoms with E-state index >= 15 is 0 Å². The molecule has 0 fully saturated rings. The summed E-state index contributed by atoms with van der Waals surface area (Å²) in [6.07, 6.45) is 2.39. The van der Waals surface area contributed by atoms with Crippen LogP contribution in [0.3, 0.4) is 0 Å². The SMILES string of the molecule is COc1ccnc2c1nc(C=O)n2C(C)C. The Morgan fingerprint density at radius 3 is 2.81 bits per heavy atom. The van der Waals surface area contributed by atoms with Gasteiger partial charge < -0.3 is 9.30 Å². The summed E-state index contributed by atoms with van der Waals surface area (Å²) in [5.74, 6) is 1.01. The van der Waals surface area contributed by atoms with E-state index in [0.29, 0.717) is 22.7 Å². The Morgan fingerprint density at radius 1 is 1.50 bits per heavy atom. The summed E-state index contributed by atoms with van der Waals surface area (Å²) < 4.78 is 6.98. The molecule has 0 aliphatic heterocycles. The van der Waals surface area contributed by atoms with Crippen molar-refractivity contribution in [3.63, 3.8) is 0 Å². The molecule has 0 bridgehead atoms. The monoisotopic (exact) mass is 219 g/mol. The van der Waals surface area contributed by atoms with Crippen LogP contribution in [0.15, 0.2) is 12.3 Å². The second-order valence-electron chi connectivity index (χ2n) is 3.74. The number of methoxy groups -OCH3 is 1. The first kappa shape index (κ1) is 10.6. The minimum atomic E-state index is 0.129. The first-order valence-electron chi connectivity index (χ1n) is 5.05. The Labute approximate surface area is 93.1 Å². The van der Waals surface area contributed by atoms with Gasteiger partial charge in [0.2, 0.25) is 0 Å². The largest absolute Gasteiger partial charge is 0.494 e. The predicted molar refractivity (Wildman–Crippen MR) is 59.9 cm³/mol. The first-order chi connectivity index (χ1) is 7.69. The van der Waals surface area contributed by atoms with Gasteiger partial charge in [-0.05, 0) is 13.8 Å². The molecule has 84 valence electrons. The lowest BCUT2D eigenvalue weighted by Crippen LogP contribution is -2.06. The summed E-state index contributed by atoms with van der Waals surface area (Å²) in [5, 5.41) is 0. The Balaban J connectivity index is 2.82. The average Bonchev–Trinajstić information content (AvgIpc) is 2.66. The van der Waals surface area contributed by atoms with Gasteiger partial charge in [-0.1, -0.05) is 0 Å². The molecule has 0 aliphatic carbocycles. The number of aromatic nitrogens is 3. The van der Waals surface area contributed by atoms with Crippen molar-refractivity contribution in [2.45, 2.75) is 19.9 Å². The number of hydrogen-bond donors (Lipinski definition) is 0. The van der Waals surface area contributed by atoms with Crippen LogP contribution in [0.2, 0.25) is 0 Å². The average molecular weight is 219 g/mol. The summed E-state index contributed by atoms with van der Waals surface area (Å²) in [5.41, 5.74) is 1.30. The van der Waals surface area contributed by atoms with Crippen molar-refractivity contribution in [2.75, 3.05) is 7.11 Å². The van der Waals surface area contributed by atoms with Crippen LogP contribution >= 0.6 is 0 Å². The number of fused-ring (bicyclic) bond motifs is 1. The van der Waals surface area contributed by atoms with Crippen LogP contribution in [0.4, 0.5) is 0 Å². The fourth-order valence-electron chi connectivity index (χ4n) is 1.74. The van der Waals surface area contributed by atoms with Crippen LogP contribution < -0.4 is 4.74 Å². The number of hydrogen-bond acceptors (Lipinski definition) is 4. The summed E-state index contributed by atoms with van der Waals surface area (Å²) in [7, 11) is 1.57. The number of aldehydes is 1. The van der Waals surface area contributed by atoms with Crippen LogP contribution in [-0.2, 0) is 0 Å². The number of imidazole rings is 1. The van der Waals surface area contributed by atoms with E-state index in [1.165, 1.54) is 0 Å². The van der Waals surface area contributed by atoms with Gasteiger partial charge in [-0.15, -0.1) is 0 Å². The zero-order valence-corrected chi connectivity index (χ0v) is 9.47. The molecule has 0 N–H and O–H groups in total. The topological polar surface area (TPSA) is 57.0 Å². The Bertz CT molecular complexity index is 531. The molecule has 0 atom stereocenters. The summed E-state index contributed by atoms with van der Waals surface area (Å²) >= 11 is 0. The molecule has 16 heavy (non-hydrogen) atoms. The molecule has 0 unspecified atom stereocenters. The number of carbonyl (C=O) groups is 1. The third-order valence-electron chi connectivity index (χ3n) is 2.41. The maximum Gasteiger partial charge on any atom is 0.185 e. The van der Waals surface area contributed by atoms with Gasteiger partial charge >= 0.3 is 0 Å². The van der Waals surface area contributed by atoms with Crippen LogP contribution in [0, 0.1) is 0 Å². The molecule has 5 heteroatoms. The van der Waals surface area contributed by atoms with E-state index in [-0.39, 0.29) is 6.04 Å². The van der Waals surface area contributed by atoms with Crippen molar-refractivity contribution in [3.05, 3.63) is 18.1 Å². The van der Waals surface area contributed by atoms with Gasteiger partial charge in [0.15, 0.2) is 23.3 Å². The van der Waals surface area contributed by atoms with Crippen molar-refractivity contribution in [1.29, 1.82) is 0 Å². The van der Waals surface area contributed by atoms with E-state index in [9.17, 15) is 4.79 Å². The lowest BCUT2D eigenvalue weighted by Gasteiger charge is -2.09. The highest BCUT2D eigenvalue weighted by Crippen LogP contribution is 2.25. The molecule has 2 aromatic heterocycles. The molecule has 0 saturated carbocycles. The van der Waals surface area contributed by atoms with Gasteiger partial charge in [0.05, 0.1) is 7.11 Å². The van der Waals surface area contributed by atoms with Crippen molar-refractivity contribution in [2.24, 2.45) is 0 Å². The van der Waals surface area contributed by atoms with Gasteiger partial charge in [0.25, 0.3) is 0 Å². The maximum absolute atomic E-state index is 10.9. The van der Waals surface area contributed by atoms with Gasteiger partial charge in [-0.25, -0.2) is 9.97 Å². The summed E-state index contributed by atoms with van der Waals surface area (Å²) in [4.78, 5) is 19.4. The molecule has 2 aromatic rings. The normalized spacial score (nSPS) is 11.0. The molecule has 0 aliphatic rings. The first-order valence-corrected chi connectivity index (χ1v) is 5.05. The molecule has 2 rings (SSSR count). The molecule has 0 amide bonds. The Morgan fingerprint density at radius 2 is 2.25 bits per heavy atom. The summed E-state index contributed by atoms with van der Waals surface area (Å²) in [6.45, 7) is 3.96. The fourth-order valence-corrected chi connectivity index (χ4v) is 1.74. The summed E-state index contributed by atoms with van der Waals surface area (Å²) in [6, 6.07) is 1.86. The maximum atomic E-state index is 10.9. The highest BCUT2D eigenvalue weighted by Gasteiger charge is 2.16. The molecule has 0 radical (unpaired) electrons. The van der Waals surface area contributed by atoms with E-state index in [0.717, 1.165) is 6.29 Å². The predicted octanol–water partition coefficient (Wildman–Crippen LogP) is 1.83. The standard InChI is InChI=1S/C11H13N3O2/c1-7(2)14-9(6-15)13-10-8(16-3)4-5-12-11(10)14/h4-7H,1-3H3.